The lowest BCUT2D eigenvalue weighted by Crippen LogP contribution is -2.42. The van der Waals surface area contributed by atoms with Crippen molar-refractivity contribution in [1.29, 1.82) is 0 Å². The maximum atomic E-state index is 13.6. The number of halogens is 1. The zero-order chi connectivity index (χ0) is 25.0. The molecular weight excluding hydrogens is 502 g/mol. The standard InChI is InChI=1S/C30H32BrNO3/c1-29(2)13-21-27(23(33)15-29)26(28-22(32-21)14-30(3,4)16-24(28)34)20-7-5-6-8-25(20)35-17-18-9-11-19(31)12-10-18/h5-12,26,32H,13-17H2,1-4H3. The molecule has 5 rings (SSSR count). The van der Waals surface area contributed by atoms with E-state index >= 15 is 0 Å². The fourth-order valence-electron chi connectivity index (χ4n) is 5.79. The highest BCUT2D eigenvalue weighted by Gasteiger charge is 2.47. The highest BCUT2D eigenvalue weighted by atomic mass is 79.9. The van der Waals surface area contributed by atoms with Gasteiger partial charge in [0.1, 0.15) is 12.4 Å². The number of rotatable bonds is 4. The Morgan fingerprint density at radius 3 is 1.94 bits per heavy atom. The van der Waals surface area contributed by atoms with Gasteiger partial charge >= 0.3 is 0 Å². The van der Waals surface area contributed by atoms with Crippen LogP contribution in [0.3, 0.4) is 0 Å². The number of allylic oxidation sites excluding steroid dienone is 4. The van der Waals surface area contributed by atoms with Crippen LogP contribution >= 0.6 is 15.9 Å². The fourth-order valence-corrected chi connectivity index (χ4v) is 6.06. The van der Waals surface area contributed by atoms with E-state index in [4.69, 9.17) is 4.74 Å². The van der Waals surface area contributed by atoms with Gasteiger partial charge in [-0.1, -0.05) is 74.0 Å². The topological polar surface area (TPSA) is 55.4 Å². The van der Waals surface area contributed by atoms with Crippen LogP contribution in [-0.2, 0) is 16.2 Å². The average molecular weight is 534 g/mol. The lowest BCUT2D eigenvalue weighted by atomic mass is 9.64. The number of nitrogens with one attached hydrogen (secondary N) is 1. The van der Waals surface area contributed by atoms with Crippen LogP contribution in [0.1, 0.15) is 70.4 Å². The third-order valence-electron chi connectivity index (χ3n) is 7.26. The number of hydrogen-bond donors (Lipinski definition) is 1. The van der Waals surface area contributed by atoms with Crippen molar-refractivity contribution >= 4 is 27.5 Å². The molecule has 0 saturated carbocycles. The number of Topliss-reactive ketones (excluding diaryl/α,β-unsaturated/α-hetero) is 2. The molecule has 1 aliphatic heterocycles. The van der Waals surface area contributed by atoms with Gasteiger partial charge in [0.15, 0.2) is 11.6 Å². The van der Waals surface area contributed by atoms with E-state index in [1.807, 2.05) is 48.5 Å². The van der Waals surface area contributed by atoms with Crippen molar-refractivity contribution in [2.75, 3.05) is 0 Å². The molecule has 2 aliphatic carbocycles. The van der Waals surface area contributed by atoms with E-state index in [0.29, 0.717) is 19.4 Å². The summed E-state index contributed by atoms with van der Waals surface area (Å²) in [5.41, 5.74) is 5.17. The predicted octanol–water partition coefficient (Wildman–Crippen LogP) is 7.00. The molecule has 0 saturated heterocycles. The van der Waals surface area contributed by atoms with Crippen LogP contribution in [0.15, 0.2) is 75.5 Å². The lowest BCUT2D eigenvalue weighted by Gasteiger charge is -2.44. The van der Waals surface area contributed by atoms with E-state index in [9.17, 15) is 9.59 Å². The first-order valence-corrected chi connectivity index (χ1v) is 13.1. The largest absolute Gasteiger partial charge is 0.489 e. The Hall–Kier alpha value is -2.66. The zero-order valence-corrected chi connectivity index (χ0v) is 22.4. The Morgan fingerprint density at radius 2 is 1.37 bits per heavy atom. The predicted molar refractivity (Wildman–Crippen MR) is 141 cm³/mol. The number of para-hydroxylation sites is 1. The fraction of sp³-hybridized carbons (Fsp3) is 0.400. The second kappa shape index (κ2) is 8.77. The minimum atomic E-state index is -0.394. The molecule has 0 unspecified atom stereocenters. The number of hydrogen-bond acceptors (Lipinski definition) is 4. The van der Waals surface area contributed by atoms with E-state index in [-0.39, 0.29) is 22.4 Å². The number of carbonyl (C=O) groups excluding carboxylic acids is 2. The van der Waals surface area contributed by atoms with E-state index in [0.717, 1.165) is 56.7 Å². The molecule has 0 radical (unpaired) electrons. The van der Waals surface area contributed by atoms with Crippen molar-refractivity contribution in [3.05, 3.63) is 86.7 Å². The third-order valence-corrected chi connectivity index (χ3v) is 7.79. The summed E-state index contributed by atoms with van der Waals surface area (Å²) >= 11 is 3.48. The normalized spacial score (nSPS) is 21.4. The average Bonchev–Trinajstić information content (AvgIpc) is 2.76. The molecule has 0 amide bonds. The quantitative estimate of drug-likeness (QED) is 0.459. The third kappa shape index (κ3) is 4.75. The molecule has 0 aromatic heterocycles. The summed E-state index contributed by atoms with van der Waals surface area (Å²) in [6.07, 6.45) is 2.54. The summed E-state index contributed by atoms with van der Waals surface area (Å²) in [4.78, 5) is 27.2. The van der Waals surface area contributed by atoms with Gasteiger partial charge in [-0.2, -0.15) is 0 Å². The van der Waals surface area contributed by atoms with Crippen LogP contribution in [0.2, 0.25) is 0 Å². The van der Waals surface area contributed by atoms with Crippen LogP contribution in [0.5, 0.6) is 5.75 Å². The summed E-state index contributed by atoms with van der Waals surface area (Å²) in [5.74, 6) is 0.576. The summed E-state index contributed by atoms with van der Waals surface area (Å²) in [5, 5.41) is 3.58. The van der Waals surface area contributed by atoms with E-state index in [1.165, 1.54) is 0 Å². The van der Waals surface area contributed by atoms with Gasteiger partial charge in [0.25, 0.3) is 0 Å². The minimum absolute atomic E-state index is 0.114. The van der Waals surface area contributed by atoms with Crippen molar-refractivity contribution in [3.8, 4) is 5.75 Å². The van der Waals surface area contributed by atoms with Gasteiger partial charge in [0.05, 0.1) is 0 Å². The number of dihydropyridines is 1. The molecule has 35 heavy (non-hydrogen) atoms. The highest BCUT2D eigenvalue weighted by Crippen LogP contribution is 2.52. The van der Waals surface area contributed by atoms with Gasteiger partial charge in [-0.25, -0.2) is 0 Å². The highest BCUT2D eigenvalue weighted by molar-refractivity contribution is 9.10. The van der Waals surface area contributed by atoms with E-state index in [2.05, 4.69) is 48.9 Å². The molecule has 0 spiro atoms. The van der Waals surface area contributed by atoms with Gasteiger partial charge in [-0.05, 0) is 47.4 Å². The molecule has 182 valence electrons. The first-order chi connectivity index (χ1) is 16.5. The number of benzene rings is 2. The first kappa shape index (κ1) is 24.1. The Kier molecular flexibility index (Phi) is 6.03. The molecule has 0 fully saturated rings. The molecule has 2 aromatic carbocycles. The first-order valence-electron chi connectivity index (χ1n) is 12.3. The van der Waals surface area contributed by atoms with Crippen LogP contribution in [-0.4, -0.2) is 11.6 Å². The summed E-state index contributed by atoms with van der Waals surface area (Å²) in [6.45, 7) is 8.97. The molecule has 1 heterocycles. The molecule has 0 bridgehead atoms. The Morgan fingerprint density at radius 1 is 0.829 bits per heavy atom. The maximum absolute atomic E-state index is 13.6. The molecular formula is C30H32BrNO3. The second-order valence-corrected chi connectivity index (χ2v) is 12.6. The smallest absolute Gasteiger partial charge is 0.162 e. The van der Waals surface area contributed by atoms with Gasteiger partial charge in [0, 0.05) is 51.3 Å². The van der Waals surface area contributed by atoms with Crippen LogP contribution < -0.4 is 10.1 Å². The maximum Gasteiger partial charge on any atom is 0.162 e. The van der Waals surface area contributed by atoms with Gasteiger partial charge in [-0.15, -0.1) is 0 Å². The minimum Gasteiger partial charge on any atom is -0.489 e. The summed E-state index contributed by atoms with van der Waals surface area (Å²) < 4.78 is 7.35. The number of ketones is 2. The summed E-state index contributed by atoms with van der Waals surface area (Å²) in [6, 6.07) is 15.9. The second-order valence-electron chi connectivity index (χ2n) is 11.7. The Balaban J connectivity index is 1.60. The van der Waals surface area contributed by atoms with Crippen molar-refractivity contribution in [2.24, 2.45) is 10.8 Å². The Bertz CT molecular complexity index is 1210. The van der Waals surface area contributed by atoms with Gasteiger partial charge in [0.2, 0.25) is 0 Å². The molecule has 3 aliphatic rings. The van der Waals surface area contributed by atoms with Crippen molar-refractivity contribution in [1.82, 2.24) is 5.32 Å². The monoisotopic (exact) mass is 533 g/mol. The molecule has 4 nitrogen and oxygen atoms in total. The SMILES string of the molecule is CC1(C)CC(=O)C2=C(C1)NC1=C(C(=O)CC(C)(C)C1)C2c1ccccc1OCc1ccc(Br)cc1. The van der Waals surface area contributed by atoms with E-state index in [1.54, 1.807) is 0 Å². The van der Waals surface area contributed by atoms with Crippen LogP contribution in [0, 0.1) is 10.8 Å². The molecule has 1 N–H and O–H groups in total. The van der Waals surface area contributed by atoms with Crippen LogP contribution in [0.25, 0.3) is 0 Å². The molecule has 2 aromatic rings. The zero-order valence-electron chi connectivity index (χ0n) is 20.8. The van der Waals surface area contributed by atoms with Crippen molar-refractivity contribution < 1.29 is 14.3 Å². The molecule has 5 heteroatoms. The van der Waals surface area contributed by atoms with E-state index < -0.39 is 5.92 Å². The number of carbonyl (C=O) groups is 2. The van der Waals surface area contributed by atoms with Crippen molar-refractivity contribution in [2.45, 2.75) is 65.9 Å². The number of ether oxygens (including phenoxy) is 1. The Labute approximate surface area is 216 Å². The van der Waals surface area contributed by atoms with Gasteiger partial charge < -0.3 is 10.1 Å². The molecule has 0 atom stereocenters. The lowest BCUT2D eigenvalue weighted by molar-refractivity contribution is -0.119. The van der Waals surface area contributed by atoms with Crippen LogP contribution in [0.4, 0.5) is 0 Å². The summed E-state index contributed by atoms with van der Waals surface area (Å²) in [7, 11) is 0. The van der Waals surface area contributed by atoms with Crippen molar-refractivity contribution in [3.63, 3.8) is 0 Å². The van der Waals surface area contributed by atoms with Gasteiger partial charge in [-0.3, -0.25) is 9.59 Å².